The smallest absolute Gasteiger partial charge is 0.105 e. The van der Waals surface area contributed by atoms with Crippen LogP contribution in [0.5, 0.6) is 0 Å². The van der Waals surface area contributed by atoms with Crippen molar-refractivity contribution in [1.29, 1.82) is 0 Å². The Bertz CT molecular complexity index is 551. The Balaban J connectivity index is 2.25. The second-order valence-corrected chi connectivity index (χ2v) is 5.64. The Morgan fingerprint density at radius 2 is 2.21 bits per heavy atom. The summed E-state index contributed by atoms with van der Waals surface area (Å²) < 4.78 is 1.91. The first-order chi connectivity index (χ1) is 9.11. The largest absolute Gasteiger partial charge is 0.313 e. The van der Waals surface area contributed by atoms with Crippen LogP contribution in [0.2, 0.25) is 5.02 Å². The lowest BCUT2D eigenvalue weighted by Crippen LogP contribution is -2.12. The summed E-state index contributed by atoms with van der Waals surface area (Å²) in [6.07, 6.45) is 1.66. The van der Waals surface area contributed by atoms with Crippen molar-refractivity contribution in [3.63, 3.8) is 0 Å². The monoisotopic (exact) mass is 296 g/mol. The number of pyridine rings is 1. The van der Waals surface area contributed by atoms with Gasteiger partial charge in [-0.25, -0.2) is 4.98 Å². The Morgan fingerprint density at radius 3 is 2.84 bits per heavy atom. The molecule has 0 radical (unpaired) electrons. The van der Waals surface area contributed by atoms with Crippen molar-refractivity contribution >= 4 is 23.4 Å². The van der Waals surface area contributed by atoms with E-state index in [4.69, 9.17) is 11.6 Å². The van der Waals surface area contributed by atoms with Gasteiger partial charge >= 0.3 is 0 Å². The lowest BCUT2D eigenvalue weighted by atomic mass is 10.2. The van der Waals surface area contributed by atoms with Gasteiger partial charge in [0.2, 0.25) is 0 Å². The molecular formula is C13H17ClN4S. The Morgan fingerprint density at radius 1 is 1.42 bits per heavy atom. The van der Waals surface area contributed by atoms with Crippen molar-refractivity contribution < 1.29 is 0 Å². The van der Waals surface area contributed by atoms with Gasteiger partial charge in [-0.2, -0.15) is 5.10 Å². The topological polar surface area (TPSA) is 42.7 Å². The minimum atomic E-state index is 0.651. The number of halogens is 1. The second-order valence-electron chi connectivity index (χ2n) is 4.19. The molecule has 0 bridgehead atoms. The van der Waals surface area contributed by atoms with Crippen molar-refractivity contribution in [3.8, 4) is 0 Å². The van der Waals surface area contributed by atoms with E-state index in [2.05, 4.69) is 22.3 Å². The predicted octanol–water partition coefficient (Wildman–Crippen LogP) is 3.04. The van der Waals surface area contributed by atoms with Crippen LogP contribution < -0.4 is 5.32 Å². The van der Waals surface area contributed by atoms with E-state index < -0.39 is 0 Å². The summed E-state index contributed by atoms with van der Waals surface area (Å²) in [5.74, 6) is 0. The summed E-state index contributed by atoms with van der Waals surface area (Å²) in [6, 6.07) is 3.77. The molecule has 0 spiro atoms. The van der Waals surface area contributed by atoms with Crippen molar-refractivity contribution in [3.05, 3.63) is 34.6 Å². The zero-order chi connectivity index (χ0) is 13.8. The Kier molecular flexibility index (Phi) is 4.85. The summed E-state index contributed by atoms with van der Waals surface area (Å²) in [4.78, 5) is 4.31. The lowest BCUT2D eigenvalue weighted by Gasteiger charge is -2.06. The maximum atomic E-state index is 5.85. The lowest BCUT2D eigenvalue weighted by molar-refractivity contribution is 0.673. The molecule has 0 saturated carbocycles. The van der Waals surface area contributed by atoms with Gasteiger partial charge in [0.05, 0.1) is 10.7 Å². The van der Waals surface area contributed by atoms with Crippen molar-refractivity contribution in [2.45, 2.75) is 30.4 Å². The molecule has 0 aliphatic carbocycles. The third-order valence-corrected chi connectivity index (χ3v) is 4.12. The van der Waals surface area contributed by atoms with Gasteiger partial charge in [-0.05, 0) is 25.6 Å². The van der Waals surface area contributed by atoms with E-state index in [0.717, 1.165) is 28.8 Å². The Labute approximate surface area is 122 Å². The number of aryl methyl sites for hydroxylation is 2. The molecule has 0 aromatic carbocycles. The van der Waals surface area contributed by atoms with E-state index in [9.17, 15) is 0 Å². The van der Waals surface area contributed by atoms with E-state index in [0.29, 0.717) is 5.02 Å². The summed E-state index contributed by atoms with van der Waals surface area (Å²) in [5, 5.41) is 10.5. The number of hydrogen-bond acceptors (Lipinski definition) is 4. The van der Waals surface area contributed by atoms with Crippen LogP contribution in [0, 0.1) is 6.92 Å². The van der Waals surface area contributed by atoms with Crippen LogP contribution >= 0.6 is 23.4 Å². The molecule has 2 aromatic heterocycles. The highest BCUT2D eigenvalue weighted by Crippen LogP contribution is 2.30. The van der Waals surface area contributed by atoms with Gasteiger partial charge in [0.25, 0.3) is 0 Å². The molecule has 6 heteroatoms. The van der Waals surface area contributed by atoms with E-state index in [-0.39, 0.29) is 0 Å². The molecule has 0 aliphatic heterocycles. The first-order valence-electron chi connectivity index (χ1n) is 6.14. The SMILES string of the molecule is CCNCc1c(C)nn(C)c1Sc1ccc(Cl)cn1. The predicted molar refractivity (Wildman–Crippen MR) is 78.7 cm³/mol. The molecule has 1 N–H and O–H groups in total. The van der Waals surface area contributed by atoms with Gasteiger partial charge in [0.15, 0.2) is 0 Å². The zero-order valence-electron chi connectivity index (χ0n) is 11.3. The average Bonchev–Trinajstić information content (AvgIpc) is 2.65. The molecule has 2 rings (SSSR count). The molecule has 4 nitrogen and oxygen atoms in total. The van der Waals surface area contributed by atoms with Gasteiger partial charge in [-0.1, -0.05) is 30.3 Å². The second kappa shape index (κ2) is 6.41. The fraction of sp³-hybridized carbons (Fsp3) is 0.385. The number of aromatic nitrogens is 3. The zero-order valence-corrected chi connectivity index (χ0v) is 12.8. The van der Waals surface area contributed by atoms with Gasteiger partial charge < -0.3 is 5.32 Å². The highest BCUT2D eigenvalue weighted by atomic mass is 35.5. The van der Waals surface area contributed by atoms with Crippen LogP contribution in [0.1, 0.15) is 18.2 Å². The molecule has 0 saturated heterocycles. The van der Waals surface area contributed by atoms with E-state index in [1.165, 1.54) is 5.56 Å². The number of nitrogens with zero attached hydrogens (tertiary/aromatic N) is 3. The van der Waals surface area contributed by atoms with E-state index >= 15 is 0 Å². The molecule has 19 heavy (non-hydrogen) atoms. The van der Waals surface area contributed by atoms with E-state index in [1.54, 1.807) is 18.0 Å². The van der Waals surface area contributed by atoms with Gasteiger partial charge in [-0.3, -0.25) is 4.68 Å². The van der Waals surface area contributed by atoms with Gasteiger partial charge in [0.1, 0.15) is 10.1 Å². The number of rotatable bonds is 5. The van der Waals surface area contributed by atoms with Gasteiger partial charge in [0, 0.05) is 25.4 Å². The first kappa shape index (κ1) is 14.4. The van der Waals surface area contributed by atoms with Crippen LogP contribution in [0.15, 0.2) is 28.4 Å². The van der Waals surface area contributed by atoms with Crippen LogP contribution in [0.25, 0.3) is 0 Å². The minimum Gasteiger partial charge on any atom is -0.313 e. The van der Waals surface area contributed by atoms with Crippen molar-refractivity contribution in [2.24, 2.45) is 7.05 Å². The quantitative estimate of drug-likeness (QED) is 0.921. The fourth-order valence-corrected chi connectivity index (χ4v) is 2.85. The molecule has 0 amide bonds. The Hall–Kier alpha value is -1.04. The molecule has 0 unspecified atom stereocenters. The highest BCUT2D eigenvalue weighted by molar-refractivity contribution is 7.99. The molecule has 0 fully saturated rings. The van der Waals surface area contributed by atoms with Gasteiger partial charge in [-0.15, -0.1) is 0 Å². The van der Waals surface area contributed by atoms with Crippen molar-refractivity contribution in [1.82, 2.24) is 20.1 Å². The molecule has 0 atom stereocenters. The fourth-order valence-electron chi connectivity index (χ4n) is 1.78. The van der Waals surface area contributed by atoms with E-state index in [1.807, 2.05) is 30.8 Å². The number of hydrogen-bond donors (Lipinski definition) is 1. The van der Waals surface area contributed by atoms with Crippen molar-refractivity contribution in [2.75, 3.05) is 6.54 Å². The van der Waals surface area contributed by atoms with Crippen LogP contribution in [0.4, 0.5) is 0 Å². The summed E-state index contributed by atoms with van der Waals surface area (Å²) in [7, 11) is 1.96. The van der Waals surface area contributed by atoms with Crippen LogP contribution in [-0.4, -0.2) is 21.3 Å². The summed E-state index contributed by atoms with van der Waals surface area (Å²) in [6.45, 7) is 5.90. The van der Waals surface area contributed by atoms with Crippen LogP contribution in [0.3, 0.4) is 0 Å². The average molecular weight is 297 g/mol. The number of nitrogens with one attached hydrogen (secondary N) is 1. The first-order valence-corrected chi connectivity index (χ1v) is 7.34. The maximum Gasteiger partial charge on any atom is 0.105 e. The highest BCUT2D eigenvalue weighted by Gasteiger charge is 2.14. The molecule has 2 heterocycles. The molecule has 0 aliphatic rings. The maximum absolute atomic E-state index is 5.85. The summed E-state index contributed by atoms with van der Waals surface area (Å²) in [5.41, 5.74) is 2.28. The molecule has 102 valence electrons. The van der Waals surface area contributed by atoms with Crippen LogP contribution in [-0.2, 0) is 13.6 Å². The standard InChI is InChI=1S/C13H17ClN4S/c1-4-15-8-11-9(2)17-18(3)13(11)19-12-6-5-10(14)7-16-12/h5-7,15H,4,8H2,1-3H3. The third-order valence-electron chi connectivity index (χ3n) is 2.74. The molecule has 2 aromatic rings. The molecular weight excluding hydrogens is 280 g/mol. The summed E-state index contributed by atoms with van der Waals surface area (Å²) >= 11 is 7.46. The third kappa shape index (κ3) is 3.49. The minimum absolute atomic E-state index is 0.651. The normalized spacial score (nSPS) is 10.9.